The fraction of sp³-hybridized carbons (Fsp3) is 0.286. The molecule has 2 aromatic carbocycles. The second-order valence-electron chi connectivity index (χ2n) is 6.17. The number of aromatic nitrogens is 3. The Balaban J connectivity index is 1.70. The second kappa shape index (κ2) is 9.37. The van der Waals surface area contributed by atoms with Gasteiger partial charge in [0.05, 0.1) is 5.75 Å². The van der Waals surface area contributed by atoms with Gasteiger partial charge in [0.25, 0.3) is 0 Å². The molecule has 0 saturated carbocycles. The van der Waals surface area contributed by atoms with Gasteiger partial charge < -0.3 is 9.88 Å². The molecule has 0 fully saturated rings. The van der Waals surface area contributed by atoms with Crippen LogP contribution in [-0.2, 0) is 17.8 Å². The van der Waals surface area contributed by atoms with Gasteiger partial charge in [-0.25, -0.2) is 0 Å². The highest BCUT2D eigenvalue weighted by molar-refractivity contribution is 7.99. The van der Waals surface area contributed by atoms with E-state index < -0.39 is 0 Å². The molecule has 1 aromatic heterocycles. The van der Waals surface area contributed by atoms with Crippen molar-refractivity contribution in [3.63, 3.8) is 0 Å². The summed E-state index contributed by atoms with van der Waals surface area (Å²) in [6, 6.07) is 17.9. The van der Waals surface area contributed by atoms with Gasteiger partial charge >= 0.3 is 0 Å². The van der Waals surface area contributed by atoms with Gasteiger partial charge in [0.15, 0.2) is 11.0 Å². The predicted molar refractivity (Wildman–Crippen MR) is 111 cm³/mol. The smallest absolute Gasteiger partial charge is 0.234 e. The standard InChI is InChI=1S/C21H24N4OS/c1-3-14-25-20(17-11-6-5-7-12-17)23-24-21(25)27-15-19(26)22-18-13-9-8-10-16(18)4-2/h5-13H,3-4,14-15H2,1-2H3,(H,22,26). The molecule has 1 N–H and O–H groups in total. The molecular weight excluding hydrogens is 356 g/mol. The van der Waals surface area contributed by atoms with Crippen molar-refractivity contribution in [2.24, 2.45) is 0 Å². The maximum atomic E-state index is 12.4. The zero-order valence-corrected chi connectivity index (χ0v) is 16.5. The first kappa shape index (κ1) is 19.2. The number of thioether (sulfide) groups is 1. The Labute approximate surface area is 164 Å². The Morgan fingerprint density at radius 1 is 1.04 bits per heavy atom. The molecule has 27 heavy (non-hydrogen) atoms. The van der Waals surface area contributed by atoms with Gasteiger partial charge in [0.1, 0.15) is 0 Å². The third-order valence-electron chi connectivity index (χ3n) is 4.20. The molecule has 5 nitrogen and oxygen atoms in total. The normalized spacial score (nSPS) is 10.7. The maximum Gasteiger partial charge on any atom is 0.234 e. The Hall–Kier alpha value is -2.60. The quantitative estimate of drug-likeness (QED) is 0.578. The molecule has 3 rings (SSSR count). The summed E-state index contributed by atoms with van der Waals surface area (Å²) >= 11 is 1.42. The summed E-state index contributed by atoms with van der Waals surface area (Å²) in [5.74, 6) is 1.11. The topological polar surface area (TPSA) is 59.8 Å². The van der Waals surface area contributed by atoms with Crippen molar-refractivity contribution < 1.29 is 4.79 Å². The number of carbonyl (C=O) groups is 1. The number of benzene rings is 2. The molecule has 140 valence electrons. The van der Waals surface area contributed by atoms with Crippen LogP contribution in [0.15, 0.2) is 59.8 Å². The van der Waals surface area contributed by atoms with Crippen LogP contribution in [-0.4, -0.2) is 26.4 Å². The van der Waals surface area contributed by atoms with Crippen molar-refractivity contribution in [2.45, 2.75) is 38.4 Å². The van der Waals surface area contributed by atoms with Crippen LogP contribution in [0.3, 0.4) is 0 Å². The lowest BCUT2D eigenvalue weighted by atomic mass is 10.1. The largest absolute Gasteiger partial charge is 0.325 e. The molecule has 1 heterocycles. The second-order valence-corrected chi connectivity index (χ2v) is 7.11. The van der Waals surface area contributed by atoms with Crippen molar-refractivity contribution in [1.82, 2.24) is 14.8 Å². The van der Waals surface area contributed by atoms with Crippen molar-refractivity contribution in [1.29, 1.82) is 0 Å². The number of nitrogens with one attached hydrogen (secondary N) is 1. The number of hydrogen-bond donors (Lipinski definition) is 1. The highest BCUT2D eigenvalue weighted by atomic mass is 32.2. The van der Waals surface area contributed by atoms with E-state index in [1.54, 1.807) is 0 Å². The summed E-state index contributed by atoms with van der Waals surface area (Å²) in [7, 11) is 0. The first-order chi connectivity index (χ1) is 13.2. The predicted octanol–water partition coefficient (Wildman–Crippen LogP) is 4.65. The average molecular weight is 381 g/mol. The lowest BCUT2D eigenvalue weighted by Gasteiger charge is -2.10. The van der Waals surface area contributed by atoms with Crippen molar-refractivity contribution in [2.75, 3.05) is 11.1 Å². The van der Waals surface area contributed by atoms with Crippen molar-refractivity contribution in [3.8, 4) is 11.4 Å². The molecular formula is C21H24N4OS. The van der Waals surface area contributed by atoms with Gasteiger partial charge in [-0.1, -0.05) is 74.1 Å². The Morgan fingerprint density at radius 3 is 2.52 bits per heavy atom. The minimum Gasteiger partial charge on any atom is -0.325 e. The van der Waals surface area contributed by atoms with E-state index in [0.29, 0.717) is 5.75 Å². The molecule has 0 aliphatic carbocycles. The third kappa shape index (κ3) is 4.77. The van der Waals surface area contributed by atoms with E-state index in [1.807, 2.05) is 54.6 Å². The highest BCUT2D eigenvalue weighted by Crippen LogP contribution is 2.24. The third-order valence-corrected chi connectivity index (χ3v) is 5.17. The molecule has 0 aliphatic rings. The zero-order valence-electron chi connectivity index (χ0n) is 15.7. The molecule has 6 heteroatoms. The summed E-state index contributed by atoms with van der Waals surface area (Å²) in [5.41, 5.74) is 3.05. The number of amides is 1. The SMILES string of the molecule is CCCn1c(SCC(=O)Nc2ccccc2CC)nnc1-c1ccccc1. The van der Waals surface area contributed by atoms with E-state index in [-0.39, 0.29) is 5.91 Å². The number of anilines is 1. The number of carbonyl (C=O) groups excluding carboxylic acids is 1. The summed E-state index contributed by atoms with van der Waals surface area (Å²) in [6.45, 7) is 5.02. The Bertz CT molecular complexity index is 892. The van der Waals surface area contributed by atoms with Gasteiger partial charge in [-0.3, -0.25) is 4.79 Å². The van der Waals surface area contributed by atoms with Gasteiger partial charge in [0, 0.05) is 17.8 Å². The Kier molecular flexibility index (Phi) is 6.65. The van der Waals surface area contributed by atoms with Gasteiger partial charge in [-0.05, 0) is 24.5 Å². The van der Waals surface area contributed by atoms with E-state index in [0.717, 1.165) is 47.2 Å². The van der Waals surface area contributed by atoms with Crippen LogP contribution in [0.1, 0.15) is 25.8 Å². The molecule has 0 atom stereocenters. The number of rotatable bonds is 8. The molecule has 0 saturated heterocycles. The maximum absolute atomic E-state index is 12.4. The van der Waals surface area contributed by atoms with Gasteiger partial charge in [-0.2, -0.15) is 0 Å². The minimum absolute atomic E-state index is 0.0341. The fourth-order valence-electron chi connectivity index (χ4n) is 2.89. The number of aryl methyl sites for hydroxylation is 1. The summed E-state index contributed by atoms with van der Waals surface area (Å²) in [5, 5.41) is 12.5. The lowest BCUT2D eigenvalue weighted by molar-refractivity contribution is -0.113. The van der Waals surface area contributed by atoms with Gasteiger partial charge in [-0.15, -0.1) is 10.2 Å². The van der Waals surface area contributed by atoms with Crippen LogP contribution in [0.4, 0.5) is 5.69 Å². The minimum atomic E-state index is -0.0341. The fourth-order valence-corrected chi connectivity index (χ4v) is 3.65. The lowest BCUT2D eigenvalue weighted by Crippen LogP contribution is -2.15. The average Bonchev–Trinajstić information content (AvgIpc) is 3.10. The number of nitrogens with zero attached hydrogens (tertiary/aromatic N) is 3. The summed E-state index contributed by atoms with van der Waals surface area (Å²) < 4.78 is 2.09. The molecule has 0 radical (unpaired) electrons. The molecule has 3 aromatic rings. The molecule has 0 aliphatic heterocycles. The van der Waals surface area contributed by atoms with Crippen molar-refractivity contribution in [3.05, 3.63) is 60.2 Å². The molecule has 0 spiro atoms. The van der Waals surface area contributed by atoms with E-state index >= 15 is 0 Å². The van der Waals surface area contributed by atoms with Crippen molar-refractivity contribution >= 4 is 23.4 Å². The van der Waals surface area contributed by atoms with E-state index in [9.17, 15) is 4.79 Å². The van der Waals surface area contributed by atoms with Gasteiger partial charge in [0.2, 0.25) is 5.91 Å². The van der Waals surface area contributed by atoms with E-state index in [4.69, 9.17) is 0 Å². The first-order valence-electron chi connectivity index (χ1n) is 9.22. The number of hydrogen-bond acceptors (Lipinski definition) is 4. The van der Waals surface area contributed by atoms with Crippen LogP contribution in [0.2, 0.25) is 0 Å². The van der Waals surface area contributed by atoms with Crippen LogP contribution in [0, 0.1) is 0 Å². The zero-order chi connectivity index (χ0) is 19.1. The number of para-hydroxylation sites is 1. The van der Waals surface area contributed by atoms with Crippen LogP contribution in [0.5, 0.6) is 0 Å². The highest BCUT2D eigenvalue weighted by Gasteiger charge is 2.15. The molecule has 1 amide bonds. The first-order valence-corrected chi connectivity index (χ1v) is 10.2. The van der Waals surface area contributed by atoms with Crippen LogP contribution >= 0.6 is 11.8 Å². The monoisotopic (exact) mass is 380 g/mol. The van der Waals surface area contributed by atoms with Crippen LogP contribution < -0.4 is 5.32 Å². The Morgan fingerprint density at radius 2 is 1.78 bits per heavy atom. The molecule has 0 bridgehead atoms. The van der Waals surface area contributed by atoms with E-state index in [2.05, 4.69) is 33.9 Å². The van der Waals surface area contributed by atoms with Crippen LogP contribution in [0.25, 0.3) is 11.4 Å². The van der Waals surface area contributed by atoms with E-state index in [1.165, 1.54) is 11.8 Å². The summed E-state index contributed by atoms with van der Waals surface area (Å²) in [4.78, 5) is 12.4. The molecule has 0 unspecified atom stereocenters. The summed E-state index contributed by atoms with van der Waals surface area (Å²) in [6.07, 6.45) is 1.86.